The van der Waals surface area contributed by atoms with Gasteiger partial charge in [-0.25, -0.2) is 9.97 Å². The number of carbonyl (C=O) groups excluding carboxylic acids is 1. The first-order chi connectivity index (χ1) is 18.7. The molecule has 0 saturated carbocycles. The number of benzene rings is 4. The minimum absolute atomic E-state index is 0.00912. The van der Waals surface area contributed by atoms with Crippen molar-refractivity contribution in [1.82, 2.24) is 15.3 Å². The Hall–Kier alpha value is -4.22. The van der Waals surface area contributed by atoms with Crippen molar-refractivity contribution in [3.63, 3.8) is 0 Å². The fourth-order valence-electron chi connectivity index (χ4n) is 4.38. The van der Waals surface area contributed by atoms with Crippen LogP contribution in [0.4, 0.5) is 5.82 Å². The van der Waals surface area contributed by atoms with Gasteiger partial charge in [-0.2, -0.15) is 0 Å². The molecule has 5 aromatic rings. The molecule has 1 aromatic heterocycles. The lowest BCUT2D eigenvalue weighted by atomic mass is 10.1. The molecule has 0 bridgehead atoms. The molecule has 0 aliphatic rings. The Morgan fingerprint density at radius 3 is 2.13 bits per heavy atom. The molecule has 0 fully saturated rings. The van der Waals surface area contributed by atoms with Gasteiger partial charge in [0, 0.05) is 42.0 Å². The van der Waals surface area contributed by atoms with Crippen LogP contribution < -0.4 is 10.2 Å². The van der Waals surface area contributed by atoms with E-state index < -0.39 is 0 Å². The van der Waals surface area contributed by atoms with E-state index in [1.54, 1.807) is 0 Å². The molecule has 0 atom stereocenters. The molecule has 0 radical (unpaired) electrons. The maximum absolute atomic E-state index is 12.8. The molecule has 38 heavy (non-hydrogen) atoms. The van der Waals surface area contributed by atoms with Gasteiger partial charge >= 0.3 is 0 Å². The summed E-state index contributed by atoms with van der Waals surface area (Å²) in [6.45, 7) is 1.77. The van der Waals surface area contributed by atoms with Crippen molar-refractivity contribution >= 4 is 34.2 Å². The van der Waals surface area contributed by atoms with Crippen molar-refractivity contribution in [2.45, 2.75) is 19.4 Å². The number of nitrogens with one attached hydrogen (secondary N) is 1. The van der Waals surface area contributed by atoms with Crippen LogP contribution in [0.1, 0.15) is 17.5 Å². The third-order valence-corrected chi connectivity index (χ3v) is 6.69. The predicted octanol–water partition coefficient (Wildman–Crippen LogP) is 6.71. The van der Waals surface area contributed by atoms with Crippen molar-refractivity contribution in [3.8, 4) is 11.4 Å². The van der Waals surface area contributed by atoms with Crippen LogP contribution in [0.25, 0.3) is 22.3 Å². The molecule has 6 heteroatoms. The second-order valence-electron chi connectivity index (χ2n) is 9.13. The smallest absolute Gasteiger partial charge is 0.222 e. The summed E-state index contributed by atoms with van der Waals surface area (Å²) in [5.41, 5.74) is 4.07. The Kier molecular flexibility index (Phi) is 8.26. The van der Waals surface area contributed by atoms with Crippen molar-refractivity contribution in [1.29, 1.82) is 0 Å². The molecule has 5 rings (SSSR count). The molecular formula is C32H29ClN4O. The summed E-state index contributed by atoms with van der Waals surface area (Å²) in [5.74, 6) is 1.47. The summed E-state index contributed by atoms with van der Waals surface area (Å²) in [7, 11) is 0. The summed E-state index contributed by atoms with van der Waals surface area (Å²) in [6, 6.07) is 35.9. The first kappa shape index (κ1) is 25.4. The number of rotatable bonds is 10. The van der Waals surface area contributed by atoms with Gasteiger partial charge in [0.1, 0.15) is 5.82 Å². The summed E-state index contributed by atoms with van der Waals surface area (Å²) in [6.07, 6.45) is 1.19. The average molecular weight is 521 g/mol. The van der Waals surface area contributed by atoms with Gasteiger partial charge in [-0.15, -0.1) is 0 Å². The fraction of sp³-hybridized carbons (Fsp3) is 0.156. The number of para-hydroxylation sites is 1. The Morgan fingerprint density at radius 2 is 1.39 bits per heavy atom. The van der Waals surface area contributed by atoms with Crippen molar-refractivity contribution in [3.05, 3.63) is 125 Å². The van der Waals surface area contributed by atoms with E-state index in [1.165, 1.54) is 5.56 Å². The molecule has 1 N–H and O–H groups in total. The van der Waals surface area contributed by atoms with Crippen molar-refractivity contribution < 1.29 is 4.79 Å². The highest BCUT2D eigenvalue weighted by atomic mass is 35.5. The van der Waals surface area contributed by atoms with Gasteiger partial charge in [-0.05, 0) is 53.9 Å². The summed E-state index contributed by atoms with van der Waals surface area (Å²) >= 11 is 6.12. The highest BCUT2D eigenvalue weighted by molar-refractivity contribution is 6.30. The molecule has 4 aromatic carbocycles. The summed E-state index contributed by atoms with van der Waals surface area (Å²) in [4.78, 5) is 24.9. The molecule has 190 valence electrons. The fourth-order valence-corrected chi connectivity index (χ4v) is 4.51. The maximum Gasteiger partial charge on any atom is 0.222 e. The van der Waals surface area contributed by atoms with E-state index in [-0.39, 0.29) is 5.91 Å². The minimum atomic E-state index is 0.00912. The number of halogens is 1. The molecular weight excluding hydrogens is 492 g/mol. The molecule has 0 unspecified atom stereocenters. The van der Waals surface area contributed by atoms with Crippen LogP contribution in [-0.2, 0) is 17.8 Å². The molecule has 1 heterocycles. The minimum Gasteiger partial charge on any atom is -0.355 e. The first-order valence-corrected chi connectivity index (χ1v) is 13.2. The largest absolute Gasteiger partial charge is 0.355 e. The van der Waals surface area contributed by atoms with E-state index in [4.69, 9.17) is 21.6 Å². The summed E-state index contributed by atoms with van der Waals surface area (Å²) < 4.78 is 0. The van der Waals surface area contributed by atoms with E-state index >= 15 is 0 Å². The quantitative estimate of drug-likeness (QED) is 0.222. The second kappa shape index (κ2) is 12.3. The topological polar surface area (TPSA) is 58.1 Å². The number of amides is 1. The van der Waals surface area contributed by atoms with E-state index in [0.29, 0.717) is 30.4 Å². The molecule has 0 aliphatic carbocycles. The van der Waals surface area contributed by atoms with Crippen LogP contribution in [0.3, 0.4) is 0 Å². The molecule has 5 nitrogen and oxygen atoms in total. The normalized spacial score (nSPS) is 10.9. The van der Waals surface area contributed by atoms with Gasteiger partial charge < -0.3 is 10.2 Å². The van der Waals surface area contributed by atoms with Crippen LogP contribution in [0.2, 0.25) is 5.02 Å². The van der Waals surface area contributed by atoms with E-state index in [2.05, 4.69) is 34.5 Å². The van der Waals surface area contributed by atoms with E-state index in [0.717, 1.165) is 40.8 Å². The van der Waals surface area contributed by atoms with Gasteiger partial charge in [0.05, 0.1) is 5.52 Å². The summed E-state index contributed by atoms with van der Waals surface area (Å²) in [5, 5.41) is 4.68. The number of anilines is 1. The standard InChI is InChI=1S/C32H29ClN4O/c33-27-17-15-26(16-18-27)31-35-29-14-8-7-13-28(29)32(36-31)37(21-19-24-9-3-1-4-10-24)22-20-30(38)34-23-25-11-5-2-6-12-25/h1-18H,19-23H2,(H,34,38). The van der Waals surface area contributed by atoms with Crippen LogP contribution in [-0.4, -0.2) is 29.0 Å². The maximum atomic E-state index is 12.8. The molecule has 1 amide bonds. The van der Waals surface area contributed by atoms with Gasteiger partial charge in [0.15, 0.2) is 5.82 Å². The van der Waals surface area contributed by atoms with Crippen LogP contribution in [0.5, 0.6) is 0 Å². The number of fused-ring (bicyclic) bond motifs is 1. The lowest BCUT2D eigenvalue weighted by Crippen LogP contribution is -2.33. The predicted molar refractivity (Wildman–Crippen MR) is 155 cm³/mol. The Morgan fingerprint density at radius 1 is 0.737 bits per heavy atom. The highest BCUT2D eigenvalue weighted by Crippen LogP contribution is 2.28. The number of hydrogen-bond acceptors (Lipinski definition) is 4. The molecule has 0 aliphatic heterocycles. The lowest BCUT2D eigenvalue weighted by Gasteiger charge is -2.25. The van der Waals surface area contributed by atoms with Gasteiger partial charge in [0.25, 0.3) is 0 Å². The lowest BCUT2D eigenvalue weighted by molar-refractivity contribution is -0.121. The van der Waals surface area contributed by atoms with E-state index in [1.807, 2.05) is 84.9 Å². The van der Waals surface area contributed by atoms with Gasteiger partial charge in [-0.1, -0.05) is 84.4 Å². The second-order valence-corrected chi connectivity index (χ2v) is 9.57. The van der Waals surface area contributed by atoms with Gasteiger partial charge in [-0.3, -0.25) is 4.79 Å². The van der Waals surface area contributed by atoms with Crippen LogP contribution >= 0.6 is 11.6 Å². The van der Waals surface area contributed by atoms with Gasteiger partial charge in [0.2, 0.25) is 5.91 Å². The Balaban J connectivity index is 1.42. The highest BCUT2D eigenvalue weighted by Gasteiger charge is 2.17. The zero-order valence-corrected chi connectivity index (χ0v) is 21.8. The third-order valence-electron chi connectivity index (χ3n) is 6.44. The van der Waals surface area contributed by atoms with Crippen LogP contribution in [0.15, 0.2) is 109 Å². The number of carbonyl (C=O) groups is 1. The monoisotopic (exact) mass is 520 g/mol. The average Bonchev–Trinajstić information content (AvgIpc) is 2.97. The van der Waals surface area contributed by atoms with Crippen LogP contribution in [0, 0.1) is 0 Å². The van der Waals surface area contributed by atoms with Crippen molar-refractivity contribution in [2.75, 3.05) is 18.0 Å². The number of hydrogen-bond donors (Lipinski definition) is 1. The zero-order chi connectivity index (χ0) is 26.2. The number of aromatic nitrogens is 2. The molecule has 0 saturated heterocycles. The van der Waals surface area contributed by atoms with Crippen molar-refractivity contribution in [2.24, 2.45) is 0 Å². The molecule has 0 spiro atoms. The van der Waals surface area contributed by atoms with E-state index in [9.17, 15) is 4.79 Å². The first-order valence-electron chi connectivity index (χ1n) is 12.8. The SMILES string of the molecule is O=C(CCN(CCc1ccccc1)c1nc(-c2ccc(Cl)cc2)nc2ccccc12)NCc1ccccc1. The Labute approximate surface area is 228 Å². The third kappa shape index (κ3) is 6.55. The Bertz CT molecular complexity index is 1490. The number of nitrogens with zero attached hydrogens (tertiary/aromatic N) is 3. The zero-order valence-electron chi connectivity index (χ0n) is 21.1.